The molecule has 0 amide bonds. The Hall–Kier alpha value is -0.690. The third kappa shape index (κ3) is 6.20. The van der Waals surface area contributed by atoms with Crippen LogP contribution in [0.5, 0.6) is 5.75 Å². The number of piperazine rings is 1. The largest absolute Gasteiger partial charge is 0.573 e. The van der Waals surface area contributed by atoms with Gasteiger partial charge in [0, 0.05) is 32.2 Å². The summed E-state index contributed by atoms with van der Waals surface area (Å²) in [4.78, 5) is 2.42. The van der Waals surface area contributed by atoms with E-state index in [4.69, 9.17) is 0 Å². The number of benzene rings is 1. The first-order chi connectivity index (χ1) is 11.0. The van der Waals surface area contributed by atoms with E-state index < -0.39 is 6.36 Å². The van der Waals surface area contributed by atoms with E-state index in [1.807, 2.05) is 6.07 Å². The predicted molar refractivity (Wildman–Crippen MR) is 96.8 cm³/mol. The lowest BCUT2D eigenvalue weighted by atomic mass is 9.89. The molecule has 1 saturated carbocycles. The molecule has 1 aliphatic heterocycles. The summed E-state index contributed by atoms with van der Waals surface area (Å²) in [6, 6.07) is 6.74. The third-order valence-electron chi connectivity index (χ3n) is 4.82. The number of halogens is 5. The SMILES string of the molecule is Cl.Cl.FC(F)(F)Oc1cccc([C@H](C2CCCC2)N2CCNCC2)c1. The second kappa shape index (κ2) is 9.86. The van der Waals surface area contributed by atoms with E-state index in [0.717, 1.165) is 44.6 Å². The molecule has 3 nitrogen and oxygen atoms in total. The fraction of sp³-hybridized carbons (Fsp3) is 0.647. The van der Waals surface area contributed by atoms with Gasteiger partial charge in [0.05, 0.1) is 0 Å². The number of hydrogen-bond donors (Lipinski definition) is 1. The molecular weight excluding hydrogens is 376 g/mol. The average molecular weight is 401 g/mol. The molecule has 1 aromatic rings. The van der Waals surface area contributed by atoms with Gasteiger partial charge in [-0.2, -0.15) is 0 Å². The Kier molecular flexibility index (Phi) is 8.81. The Morgan fingerprint density at radius 2 is 1.72 bits per heavy atom. The Balaban J connectivity index is 0.00000156. The summed E-state index contributed by atoms with van der Waals surface area (Å²) < 4.78 is 41.6. The van der Waals surface area contributed by atoms with E-state index >= 15 is 0 Å². The third-order valence-corrected chi connectivity index (χ3v) is 4.82. The molecular formula is C17H25Cl2F3N2O. The topological polar surface area (TPSA) is 24.5 Å². The highest BCUT2D eigenvalue weighted by Crippen LogP contribution is 2.40. The van der Waals surface area contributed by atoms with E-state index in [1.54, 1.807) is 12.1 Å². The smallest absolute Gasteiger partial charge is 0.406 e. The number of nitrogens with one attached hydrogen (secondary N) is 1. The summed E-state index contributed by atoms with van der Waals surface area (Å²) in [6.45, 7) is 3.74. The maximum Gasteiger partial charge on any atom is 0.573 e. The van der Waals surface area contributed by atoms with Crippen LogP contribution in [0.15, 0.2) is 24.3 Å². The summed E-state index contributed by atoms with van der Waals surface area (Å²) in [5.41, 5.74) is 0.945. The van der Waals surface area contributed by atoms with E-state index in [2.05, 4.69) is 15.0 Å². The molecule has 0 unspecified atom stereocenters. The molecule has 3 rings (SSSR count). The highest BCUT2D eigenvalue weighted by atomic mass is 35.5. The van der Waals surface area contributed by atoms with Crippen molar-refractivity contribution in [3.63, 3.8) is 0 Å². The standard InChI is InChI=1S/C17H23F3N2O.2ClH/c18-17(19,20)23-15-7-3-6-14(12-15)16(13-4-1-2-5-13)22-10-8-21-9-11-22;;/h3,6-7,12-13,16,21H,1-2,4-5,8-11H2;2*1H/t16-;;/m0../s1. The van der Waals surface area contributed by atoms with Gasteiger partial charge in [0.2, 0.25) is 0 Å². The minimum absolute atomic E-state index is 0. The molecule has 1 saturated heterocycles. The summed E-state index contributed by atoms with van der Waals surface area (Å²) in [6.07, 6.45) is 0.0897. The van der Waals surface area contributed by atoms with E-state index in [1.165, 1.54) is 18.9 Å². The van der Waals surface area contributed by atoms with Gasteiger partial charge in [-0.3, -0.25) is 4.90 Å². The Bertz CT molecular complexity index is 519. The van der Waals surface area contributed by atoms with Gasteiger partial charge < -0.3 is 10.1 Å². The van der Waals surface area contributed by atoms with Crippen LogP contribution < -0.4 is 10.1 Å². The summed E-state index contributed by atoms with van der Waals surface area (Å²) >= 11 is 0. The van der Waals surface area contributed by atoms with Gasteiger partial charge in [-0.1, -0.05) is 25.0 Å². The molecule has 25 heavy (non-hydrogen) atoms. The number of rotatable bonds is 4. The normalized spacial score (nSPS) is 20.4. The van der Waals surface area contributed by atoms with Crippen LogP contribution in [0.1, 0.15) is 37.3 Å². The minimum Gasteiger partial charge on any atom is -0.406 e. The van der Waals surface area contributed by atoms with Crippen LogP contribution in [-0.4, -0.2) is 37.4 Å². The molecule has 8 heteroatoms. The van der Waals surface area contributed by atoms with Crippen molar-refractivity contribution in [1.82, 2.24) is 10.2 Å². The van der Waals surface area contributed by atoms with E-state index in [-0.39, 0.29) is 36.6 Å². The van der Waals surface area contributed by atoms with Crippen LogP contribution in [0, 0.1) is 5.92 Å². The molecule has 1 aliphatic carbocycles. The zero-order valence-corrected chi connectivity index (χ0v) is 15.6. The summed E-state index contributed by atoms with van der Waals surface area (Å²) in [7, 11) is 0. The monoisotopic (exact) mass is 400 g/mol. The zero-order valence-electron chi connectivity index (χ0n) is 13.9. The molecule has 0 radical (unpaired) electrons. The second-order valence-electron chi connectivity index (χ2n) is 6.40. The van der Waals surface area contributed by atoms with Crippen LogP contribution in [0.2, 0.25) is 0 Å². The number of nitrogens with zero attached hydrogens (tertiary/aromatic N) is 1. The lowest BCUT2D eigenvalue weighted by Crippen LogP contribution is -2.46. The van der Waals surface area contributed by atoms with Gasteiger partial charge in [-0.15, -0.1) is 38.0 Å². The lowest BCUT2D eigenvalue weighted by Gasteiger charge is -2.38. The first-order valence-electron chi connectivity index (χ1n) is 8.33. The highest BCUT2D eigenvalue weighted by Gasteiger charge is 2.34. The van der Waals surface area contributed by atoms with Gasteiger partial charge >= 0.3 is 6.36 Å². The molecule has 1 aromatic carbocycles. The number of ether oxygens (including phenoxy) is 1. The lowest BCUT2D eigenvalue weighted by molar-refractivity contribution is -0.274. The molecule has 144 valence electrons. The fourth-order valence-electron chi connectivity index (χ4n) is 3.91. The maximum atomic E-state index is 12.5. The molecule has 1 atom stereocenters. The molecule has 2 aliphatic rings. The van der Waals surface area contributed by atoms with E-state index in [9.17, 15) is 13.2 Å². The molecule has 1 heterocycles. The fourth-order valence-corrected chi connectivity index (χ4v) is 3.91. The highest BCUT2D eigenvalue weighted by molar-refractivity contribution is 5.85. The van der Waals surface area contributed by atoms with Crippen LogP contribution in [0.25, 0.3) is 0 Å². The van der Waals surface area contributed by atoms with Crippen molar-refractivity contribution in [2.75, 3.05) is 26.2 Å². The van der Waals surface area contributed by atoms with Crippen LogP contribution in [0.4, 0.5) is 13.2 Å². The van der Waals surface area contributed by atoms with Crippen molar-refractivity contribution in [2.24, 2.45) is 5.92 Å². The van der Waals surface area contributed by atoms with Crippen molar-refractivity contribution in [3.05, 3.63) is 29.8 Å². The minimum atomic E-state index is -4.64. The zero-order chi connectivity index (χ0) is 16.3. The summed E-state index contributed by atoms with van der Waals surface area (Å²) in [5.74, 6) is 0.405. The van der Waals surface area contributed by atoms with Gasteiger partial charge in [0.25, 0.3) is 0 Å². The first kappa shape index (κ1) is 22.4. The Labute approximate surface area is 159 Å². The van der Waals surface area contributed by atoms with Gasteiger partial charge in [0.15, 0.2) is 0 Å². The molecule has 1 N–H and O–H groups in total. The maximum absolute atomic E-state index is 12.5. The van der Waals surface area contributed by atoms with Crippen molar-refractivity contribution >= 4 is 24.8 Å². The van der Waals surface area contributed by atoms with Crippen molar-refractivity contribution in [1.29, 1.82) is 0 Å². The second-order valence-corrected chi connectivity index (χ2v) is 6.40. The van der Waals surface area contributed by atoms with Gasteiger partial charge in [0.1, 0.15) is 5.75 Å². The predicted octanol–water partition coefficient (Wildman–Crippen LogP) is 4.57. The number of hydrogen-bond acceptors (Lipinski definition) is 3. The van der Waals surface area contributed by atoms with Crippen molar-refractivity contribution < 1.29 is 17.9 Å². The van der Waals surface area contributed by atoms with Crippen molar-refractivity contribution in [3.8, 4) is 5.75 Å². The van der Waals surface area contributed by atoms with Crippen molar-refractivity contribution in [2.45, 2.75) is 38.1 Å². The average Bonchev–Trinajstić information content (AvgIpc) is 3.01. The summed E-state index contributed by atoms with van der Waals surface area (Å²) in [5, 5.41) is 3.34. The molecule has 0 aromatic heterocycles. The van der Waals surface area contributed by atoms with Crippen LogP contribution >= 0.6 is 24.8 Å². The van der Waals surface area contributed by atoms with Crippen LogP contribution in [0.3, 0.4) is 0 Å². The number of alkyl halides is 3. The Morgan fingerprint density at radius 3 is 2.32 bits per heavy atom. The first-order valence-corrected chi connectivity index (χ1v) is 8.33. The molecule has 0 bridgehead atoms. The van der Waals surface area contributed by atoms with Crippen LogP contribution in [-0.2, 0) is 0 Å². The molecule has 2 fully saturated rings. The van der Waals surface area contributed by atoms with Gasteiger partial charge in [-0.25, -0.2) is 0 Å². The van der Waals surface area contributed by atoms with Gasteiger partial charge in [-0.05, 0) is 36.5 Å². The van der Waals surface area contributed by atoms with E-state index in [0.29, 0.717) is 5.92 Å². The quantitative estimate of drug-likeness (QED) is 0.801. The Morgan fingerprint density at radius 1 is 1.08 bits per heavy atom. The molecule has 0 spiro atoms.